The summed E-state index contributed by atoms with van der Waals surface area (Å²) in [6.45, 7) is 3.36. The minimum atomic E-state index is -0.167. The van der Waals surface area contributed by atoms with Crippen LogP contribution in [0, 0.1) is 0 Å². The number of hydrogen-bond acceptors (Lipinski definition) is 4. The number of cyclic esters (lactones) is 1. The molecule has 4 rings (SSSR count). The van der Waals surface area contributed by atoms with E-state index in [0.29, 0.717) is 6.61 Å². The zero-order valence-electron chi connectivity index (χ0n) is 14.3. The van der Waals surface area contributed by atoms with Crippen LogP contribution >= 0.6 is 0 Å². The van der Waals surface area contributed by atoms with E-state index in [1.807, 2.05) is 35.4 Å². The molecule has 0 spiro atoms. The van der Waals surface area contributed by atoms with Gasteiger partial charge in [-0.2, -0.15) is 0 Å². The van der Waals surface area contributed by atoms with Crippen LogP contribution in [0.25, 0.3) is 0 Å². The number of carbonyl (C=O) groups excluding carboxylic acids is 1. The molecular weight excluding hydrogens is 314 g/mol. The van der Waals surface area contributed by atoms with Gasteiger partial charge >= 0.3 is 6.09 Å². The highest BCUT2D eigenvalue weighted by Crippen LogP contribution is 2.33. The molecular formula is C20H23N3O2. The van der Waals surface area contributed by atoms with Crippen molar-refractivity contribution in [3.8, 4) is 0 Å². The van der Waals surface area contributed by atoms with Gasteiger partial charge in [-0.25, -0.2) is 4.79 Å². The summed E-state index contributed by atoms with van der Waals surface area (Å²) < 4.78 is 5.37. The van der Waals surface area contributed by atoms with Crippen LogP contribution in [0.5, 0.6) is 0 Å². The molecule has 2 aliphatic rings. The summed E-state index contributed by atoms with van der Waals surface area (Å²) in [6.07, 6.45) is 5.53. The molecule has 2 fully saturated rings. The number of nitrogens with zero attached hydrogens (tertiary/aromatic N) is 3. The van der Waals surface area contributed by atoms with Gasteiger partial charge in [-0.3, -0.25) is 14.8 Å². The van der Waals surface area contributed by atoms with Crippen molar-refractivity contribution in [1.29, 1.82) is 0 Å². The van der Waals surface area contributed by atoms with Gasteiger partial charge in [-0.15, -0.1) is 0 Å². The highest BCUT2D eigenvalue weighted by Gasteiger charge is 2.40. The Kier molecular flexibility index (Phi) is 4.65. The van der Waals surface area contributed by atoms with Crippen LogP contribution in [0.15, 0.2) is 54.9 Å². The average molecular weight is 337 g/mol. The molecule has 2 aromatic rings. The van der Waals surface area contributed by atoms with Crippen LogP contribution in [0.2, 0.25) is 0 Å². The smallest absolute Gasteiger partial charge is 0.410 e. The molecule has 0 saturated carbocycles. The number of benzene rings is 1. The van der Waals surface area contributed by atoms with Gasteiger partial charge in [0.25, 0.3) is 0 Å². The summed E-state index contributed by atoms with van der Waals surface area (Å²) in [5, 5.41) is 0. The van der Waals surface area contributed by atoms with Crippen molar-refractivity contribution in [2.45, 2.75) is 31.5 Å². The highest BCUT2D eigenvalue weighted by atomic mass is 16.6. The number of hydrogen-bond donors (Lipinski definition) is 0. The Bertz CT molecular complexity index is 699. The lowest BCUT2D eigenvalue weighted by Crippen LogP contribution is -2.45. The molecule has 3 heterocycles. The second kappa shape index (κ2) is 7.23. The summed E-state index contributed by atoms with van der Waals surface area (Å²) in [6, 6.07) is 14.6. The third-order valence-electron chi connectivity index (χ3n) is 5.18. The zero-order valence-corrected chi connectivity index (χ0v) is 14.3. The van der Waals surface area contributed by atoms with E-state index in [4.69, 9.17) is 4.74 Å². The van der Waals surface area contributed by atoms with Crippen LogP contribution in [-0.4, -0.2) is 46.6 Å². The van der Waals surface area contributed by atoms with Gasteiger partial charge in [-0.1, -0.05) is 36.4 Å². The molecule has 5 nitrogen and oxygen atoms in total. The van der Waals surface area contributed by atoms with Crippen molar-refractivity contribution in [3.63, 3.8) is 0 Å². The first kappa shape index (κ1) is 16.1. The molecule has 5 heteroatoms. The topological polar surface area (TPSA) is 45.7 Å². The molecule has 1 amide bonds. The Balaban J connectivity index is 1.40. The summed E-state index contributed by atoms with van der Waals surface area (Å²) in [4.78, 5) is 20.9. The fourth-order valence-corrected chi connectivity index (χ4v) is 3.87. The van der Waals surface area contributed by atoms with E-state index in [1.165, 1.54) is 5.56 Å². The number of carbonyl (C=O) groups is 1. The fourth-order valence-electron chi connectivity index (χ4n) is 3.87. The maximum absolute atomic E-state index is 12.3. The molecule has 0 bridgehead atoms. The van der Waals surface area contributed by atoms with Crippen LogP contribution in [0.1, 0.15) is 30.0 Å². The molecule has 25 heavy (non-hydrogen) atoms. The first-order valence-electron chi connectivity index (χ1n) is 8.92. The highest BCUT2D eigenvalue weighted by molar-refractivity contribution is 5.71. The third-order valence-corrected chi connectivity index (χ3v) is 5.18. The summed E-state index contributed by atoms with van der Waals surface area (Å²) in [5.41, 5.74) is 2.40. The predicted octanol–water partition coefficient (Wildman–Crippen LogP) is 3.24. The van der Waals surface area contributed by atoms with E-state index in [0.717, 1.165) is 38.0 Å². The monoisotopic (exact) mass is 337 g/mol. The maximum atomic E-state index is 12.3. The lowest BCUT2D eigenvalue weighted by Gasteiger charge is -2.38. The number of rotatable bonds is 4. The van der Waals surface area contributed by atoms with Crippen molar-refractivity contribution in [3.05, 3.63) is 66.0 Å². The Morgan fingerprint density at radius 1 is 1.08 bits per heavy atom. The maximum Gasteiger partial charge on any atom is 0.410 e. The normalized spacial score (nSPS) is 22.2. The van der Waals surface area contributed by atoms with Gasteiger partial charge in [0.2, 0.25) is 0 Å². The molecule has 130 valence electrons. The molecule has 1 unspecified atom stereocenters. The van der Waals surface area contributed by atoms with Gasteiger partial charge in [0.1, 0.15) is 6.61 Å². The van der Waals surface area contributed by atoms with Gasteiger partial charge in [-0.05, 0) is 30.0 Å². The molecule has 0 aliphatic carbocycles. The Morgan fingerprint density at radius 2 is 1.88 bits per heavy atom. The van der Waals surface area contributed by atoms with Crippen molar-refractivity contribution < 1.29 is 9.53 Å². The molecule has 1 aromatic heterocycles. The van der Waals surface area contributed by atoms with Crippen molar-refractivity contribution in [2.75, 3.05) is 19.7 Å². The number of ether oxygens (including phenoxy) is 1. The second-order valence-corrected chi connectivity index (χ2v) is 6.78. The van der Waals surface area contributed by atoms with E-state index in [1.54, 1.807) is 6.20 Å². The SMILES string of the molecule is O=C1OCC(c2ccccc2)N1C1CCN(Cc2cccnc2)CC1. The molecule has 0 radical (unpaired) electrons. The zero-order chi connectivity index (χ0) is 17.1. The summed E-state index contributed by atoms with van der Waals surface area (Å²) in [5.74, 6) is 0. The Hall–Kier alpha value is -2.40. The lowest BCUT2D eigenvalue weighted by atomic mass is 9.99. The molecule has 2 saturated heterocycles. The number of aromatic nitrogens is 1. The lowest BCUT2D eigenvalue weighted by molar-refractivity contribution is 0.104. The third kappa shape index (κ3) is 3.51. The largest absolute Gasteiger partial charge is 0.447 e. The molecule has 1 aromatic carbocycles. The molecule has 1 atom stereocenters. The minimum Gasteiger partial charge on any atom is -0.447 e. The van der Waals surface area contributed by atoms with E-state index >= 15 is 0 Å². The van der Waals surface area contributed by atoms with Crippen LogP contribution in [-0.2, 0) is 11.3 Å². The van der Waals surface area contributed by atoms with Crippen LogP contribution < -0.4 is 0 Å². The van der Waals surface area contributed by atoms with E-state index in [2.05, 4.69) is 28.1 Å². The first-order chi connectivity index (χ1) is 12.3. The van der Waals surface area contributed by atoms with Crippen molar-refractivity contribution >= 4 is 6.09 Å². The average Bonchev–Trinajstić information content (AvgIpc) is 3.05. The predicted molar refractivity (Wildman–Crippen MR) is 94.9 cm³/mol. The Morgan fingerprint density at radius 3 is 2.60 bits per heavy atom. The van der Waals surface area contributed by atoms with Gasteiger partial charge in [0.15, 0.2) is 0 Å². The summed E-state index contributed by atoms with van der Waals surface area (Å²) in [7, 11) is 0. The van der Waals surface area contributed by atoms with Crippen molar-refractivity contribution in [2.24, 2.45) is 0 Å². The van der Waals surface area contributed by atoms with E-state index in [9.17, 15) is 4.79 Å². The molecule has 2 aliphatic heterocycles. The van der Waals surface area contributed by atoms with E-state index < -0.39 is 0 Å². The number of amides is 1. The molecule has 0 N–H and O–H groups in total. The Labute approximate surface area is 148 Å². The van der Waals surface area contributed by atoms with Gasteiger partial charge < -0.3 is 4.74 Å². The fraction of sp³-hybridized carbons (Fsp3) is 0.400. The van der Waals surface area contributed by atoms with Crippen molar-refractivity contribution in [1.82, 2.24) is 14.8 Å². The van der Waals surface area contributed by atoms with E-state index in [-0.39, 0.29) is 18.2 Å². The first-order valence-corrected chi connectivity index (χ1v) is 8.92. The number of pyridine rings is 1. The number of likely N-dealkylation sites (tertiary alicyclic amines) is 1. The number of piperidine rings is 1. The van der Waals surface area contributed by atoms with Gasteiger partial charge in [0, 0.05) is 38.1 Å². The minimum absolute atomic E-state index is 0.0450. The quantitative estimate of drug-likeness (QED) is 0.859. The standard InChI is InChI=1S/C20H23N3O2/c24-20-23(19(15-25-20)17-6-2-1-3-7-17)18-8-11-22(12-9-18)14-16-5-4-10-21-13-16/h1-7,10,13,18-19H,8-9,11-12,14-15H2. The van der Waals surface area contributed by atoms with Gasteiger partial charge in [0.05, 0.1) is 6.04 Å². The second-order valence-electron chi connectivity index (χ2n) is 6.78. The summed E-state index contributed by atoms with van der Waals surface area (Å²) >= 11 is 0. The van der Waals surface area contributed by atoms with Crippen LogP contribution in [0.4, 0.5) is 4.79 Å². The van der Waals surface area contributed by atoms with Crippen LogP contribution in [0.3, 0.4) is 0 Å².